The maximum absolute atomic E-state index is 12.1. The standard InChI is InChI=1S/C15H19BrO2S/c1-15(2)7-5-11(6-8-15)18-14(17)12-4-3-10(16)9-13(12)19/h3-4,9,11,19H,5-8H2,1-2H3. The molecule has 4 heteroatoms. The van der Waals surface area contributed by atoms with Gasteiger partial charge in [0.25, 0.3) is 0 Å². The third-order valence-electron chi connectivity index (χ3n) is 3.74. The summed E-state index contributed by atoms with van der Waals surface area (Å²) < 4.78 is 6.50. The summed E-state index contributed by atoms with van der Waals surface area (Å²) in [5, 5.41) is 0. The molecule has 0 N–H and O–H groups in total. The summed E-state index contributed by atoms with van der Waals surface area (Å²) in [6.07, 6.45) is 4.18. The van der Waals surface area contributed by atoms with Gasteiger partial charge in [-0.05, 0) is 49.3 Å². The monoisotopic (exact) mass is 342 g/mol. The molecule has 0 saturated heterocycles. The first-order valence-electron chi connectivity index (χ1n) is 6.57. The summed E-state index contributed by atoms with van der Waals surface area (Å²) in [6.45, 7) is 4.54. The molecule has 1 fully saturated rings. The summed E-state index contributed by atoms with van der Waals surface area (Å²) >= 11 is 7.68. The van der Waals surface area contributed by atoms with Crippen LogP contribution in [0.4, 0.5) is 0 Å². The lowest BCUT2D eigenvalue weighted by Crippen LogP contribution is -2.28. The van der Waals surface area contributed by atoms with Gasteiger partial charge >= 0.3 is 5.97 Å². The first-order valence-corrected chi connectivity index (χ1v) is 7.81. The van der Waals surface area contributed by atoms with Crippen molar-refractivity contribution < 1.29 is 9.53 Å². The molecule has 0 heterocycles. The first kappa shape index (κ1) is 14.9. The zero-order chi connectivity index (χ0) is 14.0. The molecule has 1 saturated carbocycles. The highest BCUT2D eigenvalue weighted by molar-refractivity contribution is 9.10. The predicted octanol–water partition coefficient (Wildman–Crippen LogP) is 4.86. The Morgan fingerprint density at radius 1 is 1.37 bits per heavy atom. The number of halogens is 1. The maximum Gasteiger partial charge on any atom is 0.339 e. The van der Waals surface area contributed by atoms with E-state index in [2.05, 4.69) is 42.4 Å². The lowest BCUT2D eigenvalue weighted by Gasteiger charge is -2.33. The van der Waals surface area contributed by atoms with Gasteiger partial charge in [0.1, 0.15) is 6.10 Å². The predicted molar refractivity (Wildman–Crippen MR) is 82.8 cm³/mol. The van der Waals surface area contributed by atoms with E-state index >= 15 is 0 Å². The van der Waals surface area contributed by atoms with Crippen LogP contribution in [0.2, 0.25) is 0 Å². The minimum atomic E-state index is -0.262. The van der Waals surface area contributed by atoms with Crippen LogP contribution in [-0.4, -0.2) is 12.1 Å². The van der Waals surface area contributed by atoms with Crippen molar-refractivity contribution in [1.82, 2.24) is 0 Å². The highest BCUT2D eigenvalue weighted by atomic mass is 79.9. The van der Waals surface area contributed by atoms with Gasteiger partial charge < -0.3 is 4.74 Å². The first-order chi connectivity index (χ1) is 8.87. The summed E-state index contributed by atoms with van der Waals surface area (Å²) in [4.78, 5) is 12.8. The molecule has 0 amide bonds. The summed E-state index contributed by atoms with van der Waals surface area (Å²) in [7, 11) is 0. The lowest BCUT2D eigenvalue weighted by molar-refractivity contribution is 0.00916. The Hall–Kier alpha value is -0.480. The molecule has 2 rings (SSSR count). The number of ether oxygens (including phenoxy) is 1. The van der Waals surface area contributed by atoms with Crippen molar-refractivity contribution in [1.29, 1.82) is 0 Å². The highest BCUT2D eigenvalue weighted by Gasteiger charge is 2.29. The summed E-state index contributed by atoms with van der Waals surface area (Å²) in [5.41, 5.74) is 0.922. The second-order valence-corrected chi connectivity index (χ2v) is 7.33. The minimum absolute atomic E-state index is 0.0527. The van der Waals surface area contributed by atoms with E-state index in [1.165, 1.54) is 0 Å². The van der Waals surface area contributed by atoms with Gasteiger partial charge in [0.05, 0.1) is 5.56 Å². The highest BCUT2D eigenvalue weighted by Crippen LogP contribution is 2.36. The second kappa shape index (κ2) is 5.88. The molecule has 104 valence electrons. The van der Waals surface area contributed by atoms with Crippen LogP contribution in [0, 0.1) is 5.41 Å². The molecule has 0 aromatic heterocycles. The number of hydrogen-bond acceptors (Lipinski definition) is 3. The van der Waals surface area contributed by atoms with Crippen LogP contribution < -0.4 is 0 Å². The van der Waals surface area contributed by atoms with E-state index in [9.17, 15) is 4.79 Å². The number of rotatable bonds is 2. The van der Waals surface area contributed by atoms with Crippen molar-refractivity contribution in [2.75, 3.05) is 0 Å². The fourth-order valence-corrected chi connectivity index (χ4v) is 3.23. The Morgan fingerprint density at radius 3 is 2.58 bits per heavy atom. The number of thiol groups is 1. The van der Waals surface area contributed by atoms with Crippen LogP contribution in [0.1, 0.15) is 49.9 Å². The molecule has 1 aliphatic carbocycles. The minimum Gasteiger partial charge on any atom is -0.459 e. The Kier molecular flexibility index (Phi) is 4.62. The smallest absolute Gasteiger partial charge is 0.339 e. The topological polar surface area (TPSA) is 26.3 Å². The average molecular weight is 343 g/mol. The number of carbonyl (C=O) groups excluding carboxylic acids is 1. The van der Waals surface area contributed by atoms with Crippen LogP contribution >= 0.6 is 28.6 Å². The molecule has 1 aliphatic rings. The van der Waals surface area contributed by atoms with Gasteiger partial charge in [0.2, 0.25) is 0 Å². The molecule has 0 spiro atoms. The zero-order valence-electron chi connectivity index (χ0n) is 11.3. The largest absolute Gasteiger partial charge is 0.459 e. The van der Waals surface area contributed by atoms with Gasteiger partial charge in [0, 0.05) is 9.37 Å². The van der Waals surface area contributed by atoms with Gasteiger partial charge in [-0.3, -0.25) is 0 Å². The Balaban J connectivity index is 1.98. The van der Waals surface area contributed by atoms with E-state index in [-0.39, 0.29) is 12.1 Å². The summed E-state index contributed by atoms with van der Waals surface area (Å²) in [6, 6.07) is 5.39. The fourth-order valence-electron chi connectivity index (χ4n) is 2.38. The molecule has 0 unspecified atom stereocenters. The SMILES string of the molecule is CC1(C)CCC(OC(=O)c2ccc(Br)cc2S)CC1. The van der Waals surface area contributed by atoms with E-state index < -0.39 is 0 Å². The summed E-state index contributed by atoms with van der Waals surface area (Å²) in [5.74, 6) is -0.262. The number of carbonyl (C=O) groups is 1. The van der Waals surface area contributed by atoms with Crippen molar-refractivity contribution in [3.05, 3.63) is 28.2 Å². The van der Waals surface area contributed by atoms with E-state index in [1.807, 2.05) is 12.1 Å². The van der Waals surface area contributed by atoms with Gasteiger partial charge in [-0.25, -0.2) is 4.79 Å². The third kappa shape index (κ3) is 3.99. The van der Waals surface area contributed by atoms with E-state index in [1.54, 1.807) is 6.07 Å². The number of hydrogen-bond donors (Lipinski definition) is 1. The van der Waals surface area contributed by atoms with Crippen LogP contribution in [-0.2, 0) is 4.74 Å². The molecule has 2 nitrogen and oxygen atoms in total. The lowest BCUT2D eigenvalue weighted by atomic mass is 9.76. The van der Waals surface area contributed by atoms with E-state index in [0.717, 1.165) is 30.2 Å². The van der Waals surface area contributed by atoms with Gasteiger partial charge in [-0.15, -0.1) is 12.6 Å². The van der Waals surface area contributed by atoms with Gasteiger partial charge in [-0.1, -0.05) is 29.8 Å². The Morgan fingerprint density at radius 2 is 2.00 bits per heavy atom. The molecular formula is C15H19BrO2S. The van der Waals surface area contributed by atoms with Crippen molar-refractivity contribution in [2.24, 2.45) is 5.41 Å². The van der Waals surface area contributed by atoms with Crippen LogP contribution in [0.15, 0.2) is 27.6 Å². The van der Waals surface area contributed by atoms with E-state index in [4.69, 9.17) is 4.74 Å². The molecular weight excluding hydrogens is 324 g/mol. The maximum atomic E-state index is 12.1. The molecule has 19 heavy (non-hydrogen) atoms. The molecule has 1 aromatic carbocycles. The Bertz CT molecular complexity index is 475. The number of esters is 1. The molecule has 0 atom stereocenters. The second-order valence-electron chi connectivity index (χ2n) is 5.93. The normalized spacial score (nSPS) is 19.2. The van der Waals surface area contributed by atoms with Crippen molar-refractivity contribution in [3.63, 3.8) is 0 Å². The molecule has 1 aromatic rings. The van der Waals surface area contributed by atoms with Crippen molar-refractivity contribution in [3.8, 4) is 0 Å². The fraction of sp³-hybridized carbons (Fsp3) is 0.533. The van der Waals surface area contributed by atoms with Gasteiger partial charge in [-0.2, -0.15) is 0 Å². The van der Waals surface area contributed by atoms with Crippen LogP contribution in [0.3, 0.4) is 0 Å². The quantitative estimate of drug-likeness (QED) is 0.613. The van der Waals surface area contributed by atoms with Crippen molar-refractivity contribution >= 4 is 34.5 Å². The Labute approximate surface area is 128 Å². The molecule has 0 radical (unpaired) electrons. The van der Waals surface area contributed by atoms with Crippen LogP contribution in [0.5, 0.6) is 0 Å². The molecule has 0 bridgehead atoms. The van der Waals surface area contributed by atoms with Crippen LogP contribution in [0.25, 0.3) is 0 Å². The number of benzene rings is 1. The van der Waals surface area contributed by atoms with Gasteiger partial charge in [0.15, 0.2) is 0 Å². The average Bonchev–Trinajstić information content (AvgIpc) is 2.31. The molecule has 0 aliphatic heterocycles. The zero-order valence-corrected chi connectivity index (χ0v) is 13.8. The third-order valence-corrected chi connectivity index (χ3v) is 4.60. The van der Waals surface area contributed by atoms with E-state index in [0.29, 0.717) is 15.9 Å². The van der Waals surface area contributed by atoms with Crippen molar-refractivity contribution in [2.45, 2.75) is 50.5 Å².